The summed E-state index contributed by atoms with van der Waals surface area (Å²) in [6, 6.07) is 3.37. The Morgan fingerprint density at radius 1 is 1.47 bits per heavy atom. The summed E-state index contributed by atoms with van der Waals surface area (Å²) < 4.78 is 0. The van der Waals surface area contributed by atoms with Gasteiger partial charge in [0.15, 0.2) is 5.78 Å². The molecule has 1 aromatic carbocycles. The number of carbonyl (C=O) groups excluding carboxylic acids is 1. The summed E-state index contributed by atoms with van der Waals surface area (Å²) in [5.41, 5.74) is 2.33. The molecule has 2 N–H and O–H groups in total. The largest absolute Gasteiger partial charge is 0.507 e. The second-order valence-corrected chi connectivity index (χ2v) is 4.08. The minimum atomic E-state index is -0.115. The maximum absolute atomic E-state index is 11.2. The zero-order chi connectivity index (χ0) is 12.8. The minimum absolute atomic E-state index is 0.0522. The van der Waals surface area contributed by atoms with Gasteiger partial charge in [0.1, 0.15) is 5.75 Å². The Balaban J connectivity index is 2.92. The van der Waals surface area contributed by atoms with Gasteiger partial charge in [0, 0.05) is 0 Å². The second kappa shape index (κ2) is 6.21. The fourth-order valence-corrected chi connectivity index (χ4v) is 1.61. The van der Waals surface area contributed by atoms with Crippen molar-refractivity contribution >= 4 is 11.9 Å². The van der Waals surface area contributed by atoms with Crippen LogP contribution >= 0.6 is 0 Å². The van der Waals surface area contributed by atoms with Crippen LogP contribution in [0.4, 0.5) is 0 Å². The molecule has 0 fully saturated rings. The topological polar surface area (TPSA) is 49.3 Å². The summed E-state index contributed by atoms with van der Waals surface area (Å²) in [5, 5.41) is 12.8. The van der Waals surface area contributed by atoms with E-state index in [4.69, 9.17) is 0 Å². The molecule has 17 heavy (non-hydrogen) atoms. The van der Waals surface area contributed by atoms with E-state index in [1.165, 1.54) is 6.92 Å². The number of phenolic OH excluding ortho intramolecular Hbond substituents is 1. The van der Waals surface area contributed by atoms with Crippen molar-refractivity contribution in [2.24, 2.45) is 0 Å². The van der Waals surface area contributed by atoms with Crippen LogP contribution in [-0.4, -0.2) is 24.5 Å². The monoisotopic (exact) mass is 233 g/mol. The molecule has 0 saturated carbocycles. The van der Waals surface area contributed by atoms with Crippen LogP contribution in [0.25, 0.3) is 6.08 Å². The number of Topliss-reactive ketones (excluding diaryl/α,β-unsaturated/α-hetero) is 1. The normalized spacial score (nSPS) is 11.0. The van der Waals surface area contributed by atoms with Crippen molar-refractivity contribution in [1.82, 2.24) is 5.32 Å². The summed E-state index contributed by atoms with van der Waals surface area (Å²) in [6.45, 7) is 4.31. The highest BCUT2D eigenvalue weighted by atomic mass is 16.3. The van der Waals surface area contributed by atoms with Gasteiger partial charge in [0.05, 0.1) is 5.56 Å². The lowest BCUT2D eigenvalue weighted by Crippen LogP contribution is -2.05. The van der Waals surface area contributed by atoms with Gasteiger partial charge < -0.3 is 10.4 Å². The molecule has 0 aliphatic heterocycles. The highest BCUT2D eigenvalue weighted by molar-refractivity contribution is 5.97. The van der Waals surface area contributed by atoms with E-state index in [0.29, 0.717) is 5.56 Å². The molecule has 0 amide bonds. The predicted molar refractivity (Wildman–Crippen MR) is 70.4 cm³/mol. The summed E-state index contributed by atoms with van der Waals surface area (Å²) in [6.07, 6.45) is 4.95. The van der Waals surface area contributed by atoms with Crippen molar-refractivity contribution in [2.75, 3.05) is 13.6 Å². The van der Waals surface area contributed by atoms with E-state index in [-0.39, 0.29) is 11.5 Å². The molecule has 0 saturated heterocycles. The molecule has 0 atom stereocenters. The van der Waals surface area contributed by atoms with Gasteiger partial charge in [0.2, 0.25) is 0 Å². The van der Waals surface area contributed by atoms with Gasteiger partial charge in [-0.05, 0) is 57.1 Å². The molecule has 3 nitrogen and oxygen atoms in total. The molecule has 1 rings (SSSR count). The molecule has 0 aliphatic rings. The van der Waals surface area contributed by atoms with Crippen LogP contribution in [-0.2, 0) is 0 Å². The molecule has 0 unspecified atom stereocenters. The van der Waals surface area contributed by atoms with Crippen molar-refractivity contribution in [2.45, 2.75) is 20.3 Å². The molecular formula is C14H19NO2. The second-order valence-electron chi connectivity index (χ2n) is 4.08. The van der Waals surface area contributed by atoms with Gasteiger partial charge in [-0.2, -0.15) is 0 Å². The van der Waals surface area contributed by atoms with Crippen molar-refractivity contribution < 1.29 is 9.90 Å². The van der Waals surface area contributed by atoms with E-state index in [1.54, 1.807) is 12.1 Å². The Hall–Kier alpha value is -1.61. The quantitative estimate of drug-likeness (QED) is 0.607. The van der Waals surface area contributed by atoms with Crippen LogP contribution in [0.2, 0.25) is 0 Å². The number of aryl methyl sites for hydroxylation is 1. The summed E-state index contributed by atoms with van der Waals surface area (Å²) >= 11 is 0. The highest BCUT2D eigenvalue weighted by Gasteiger charge is 2.08. The van der Waals surface area contributed by atoms with Crippen molar-refractivity contribution in [1.29, 1.82) is 0 Å². The third-order valence-corrected chi connectivity index (χ3v) is 2.62. The van der Waals surface area contributed by atoms with Crippen molar-refractivity contribution in [3.8, 4) is 5.75 Å². The molecule has 0 aliphatic carbocycles. The smallest absolute Gasteiger partial charge is 0.163 e. The maximum Gasteiger partial charge on any atom is 0.163 e. The lowest BCUT2D eigenvalue weighted by atomic mass is 10.0. The molecule has 0 bridgehead atoms. The highest BCUT2D eigenvalue weighted by Crippen LogP contribution is 2.23. The number of phenols is 1. The first-order valence-electron chi connectivity index (χ1n) is 5.72. The van der Waals surface area contributed by atoms with Crippen LogP contribution < -0.4 is 5.32 Å². The zero-order valence-electron chi connectivity index (χ0n) is 10.6. The number of ketones is 1. The van der Waals surface area contributed by atoms with Crippen LogP contribution in [0.5, 0.6) is 5.75 Å². The summed E-state index contributed by atoms with van der Waals surface area (Å²) in [5.74, 6) is -0.0623. The number of aromatic hydroxyl groups is 1. The van der Waals surface area contributed by atoms with E-state index in [1.807, 2.05) is 26.1 Å². The maximum atomic E-state index is 11.2. The molecule has 3 heteroatoms. The molecule has 92 valence electrons. The summed E-state index contributed by atoms with van der Waals surface area (Å²) in [7, 11) is 1.91. The van der Waals surface area contributed by atoms with Gasteiger partial charge in [0.25, 0.3) is 0 Å². The van der Waals surface area contributed by atoms with Crippen LogP contribution in [0.1, 0.15) is 34.8 Å². The number of rotatable bonds is 5. The van der Waals surface area contributed by atoms with Crippen molar-refractivity contribution in [3.63, 3.8) is 0 Å². The SMILES string of the molecule is CNCCC=Cc1cc(O)c(C(C)=O)cc1C. The predicted octanol–water partition coefficient (Wildman–Crippen LogP) is 2.53. The third-order valence-electron chi connectivity index (χ3n) is 2.62. The standard InChI is InChI=1S/C14H19NO2/c1-10-8-13(11(2)16)14(17)9-12(10)6-4-5-7-15-3/h4,6,8-9,15,17H,5,7H2,1-3H3. The molecule has 0 aromatic heterocycles. The van der Waals surface area contributed by atoms with Crippen molar-refractivity contribution in [3.05, 3.63) is 34.9 Å². The van der Waals surface area contributed by atoms with Crippen LogP contribution in [0.3, 0.4) is 0 Å². The minimum Gasteiger partial charge on any atom is -0.507 e. The first-order valence-corrected chi connectivity index (χ1v) is 5.72. The Morgan fingerprint density at radius 2 is 2.18 bits per heavy atom. The number of benzene rings is 1. The third kappa shape index (κ3) is 3.71. The van der Waals surface area contributed by atoms with Gasteiger partial charge >= 0.3 is 0 Å². The number of hydrogen-bond donors (Lipinski definition) is 2. The fraction of sp³-hybridized carbons (Fsp3) is 0.357. The van der Waals surface area contributed by atoms with Gasteiger partial charge in [-0.1, -0.05) is 12.2 Å². The van der Waals surface area contributed by atoms with Gasteiger partial charge in [-0.3, -0.25) is 4.79 Å². The van der Waals surface area contributed by atoms with Gasteiger partial charge in [-0.25, -0.2) is 0 Å². The number of hydrogen-bond acceptors (Lipinski definition) is 3. The first kappa shape index (κ1) is 13.5. The first-order chi connectivity index (χ1) is 8.06. The Labute approximate surface area is 102 Å². The average Bonchev–Trinajstić information content (AvgIpc) is 2.28. The number of nitrogens with one attached hydrogen (secondary N) is 1. The van der Waals surface area contributed by atoms with Crippen LogP contribution in [0, 0.1) is 6.92 Å². The van der Waals surface area contributed by atoms with E-state index in [9.17, 15) is 9.90 Å². The van der Waals surface area contributed by atoms with E-state index >= 15 is 0 Å². The zero-order valence-corrected chi connectivity index (χ0v) is 10.6. The summed E-state index contributed by atoms with van der Waals surface area (Å²) in [4.78, 5) is 11.2. The molecular weight excluding hydrogens is 214 g/mol. The van der Waals surface area contributed by atoms with E-state index in [0.717, 1.165) is 24.1 Å². The molecule has 0 radical (unpaired) electrons. The average molecular weight is 233 g/mol. The fourth-order valence-electron chi connectivity index (χ4n) is 1.61. The Kier molecular flexibility index (Phi) is 4.91. The van der Waals surface area contributed by atoms with E-state index < -0.39 is 0 Å². The van der Waals surface area contributed by atoms with Gasteiger partial charge in [-0.15, -0.1) is 0 Å². The van der Waals surface area contributed by atoms with E-state index in [2.05, 4.69) is 5.32 Å². The molecule has 0 spiro atoms. The molecule has 0 heterocycles. The Bertz CT molecular complexity index is 436. The molecule has 1 aromatic rings. The Morgan fingerprint density at radius 3 is 2.76 bits per heavy atom. The number of carbonyl (C=O) groups is 1. The lowest BCUT2D eigenvalue weighted by molar-refractivity contribution is 0.101. The van der Waals surface area contributed by atoms with Crippen LogP contribution in [0.15, 0.2) is 18.2 Å². The lowest BCUT2D eigenvalue weighted by Gasteiger charge is -2.06.